The van der Waals surface area contributed by atoms with Crippen molar-refractivity contribution in [3.05, 3.63) is 65.2 Å². The van der Waals surface area contributed by atoms with Crippen molar-refractivity contribution >= 4 is 12.0 Å². The van der Waals surface area contributed by atoms with Gasteiger partial charge in [0.15, 0.2) is 6.29 Å². The summed E-state index contributed by atoms with van der Waals surface area (Å²) in [4.78, 5) is 10.8. The van der Waals surface area contributed by atoms with E-state index in [2.05, 4.69) is 11.8 Å². The van der Waals surface area contributed by atoms with Gasteiger partial charge in [0, 0.05) is 22.4 Å². The SMILES string of the molecule is Nc1ccccc1C#Cc1ccccc1C=O. The molecular formula is C15H11NO. The van der Waals surface area contributed by atoms with Gasteiger partial charge in [0.1, 0.15) is 0 Å². The van der Waals surface area contributed by atoms with E-state index in [0.717, 1.165) is 11.8 Å². The van der Waals surface area contributed by atoms with Gasteiger partial charge in [-0.05, 0) is 18.2 Å². The van der Waals surface area contributed by atoms with Gasteiger partial charge in [0.05, 0.1) is 0 Å². The van der Waals surface area contributed by atoms with Crippen LogP contribution >= 0.6 is 0 Å². The topological polar surface area (TPSA) is 43.1 Å². The van der Waals surface area contributed by atoms with Gasteiger partial charge in [0.2, 0.25) is 0 Å². The van der Waals surface area contributed by atoms with Gasteiger partial charge in [0.25, 0.3) is 0 Å². The first-order chi connectivity index (χ1) is 8.31. The van der Waals surface area contributed by atoms with E-state index in [1.165, 1.54) is 0 Å². The second kappa shape index (κ2) is 5.00. The smallest absolute Gasteiger partial charge is 0.151 e. The molecule has 0 heterocycles. The summed E-state index contributed by atoms with van der Waals surface area (Å²) in [6, 6.07) is 14.6. The molecule has 17 heavy (non-hydrogen) atoms. The minimum absolute atomic E-state index is 0.592. The van der Waals surface area contributed by atoms with Crippen molar-refractivity contribution < 1.29 is 4.79 Å². The monoisotopic (exact) mass is 221 g/mol. The Morgan fingerprint density at radius 1 is 0.882 bits per heavy atom. The Morgan fingerprint density at radius 2 is 1.47 bits per heavy atom. The molecule has 2 aromatic rings. The molecule has 2 rings (SSSR count). The van der Waals surface area contributed by atoms with Crippen LogP contribution in [0.5, 0.6) is 0 Å². The van der Waals surface area contributed by atoms with Crippen LogP contribution in [0.15, 0.2) is 48.5 Å². The van der Waals surface area contributed by atoms with Crippen LogP contribution in [0.3, 0.4) is 0 Å². The molecule has 0 unspecified atom stereocenters. The lowest BCUT2D eigenvalue weighted by Gasteiger charge is -1.96. The van der Waals surface area contributed by atoms with Crippen LogP contribution in [0.25, 0.3) is 0 Å². The molecule has 0 amide bonds. The highest BCUT2D eigenvalue weighted by atomic mass is 16.1. The zero-order valence-corrected chi connectivity index (χ0v) is 9.18. The third-order valence-corrected chi connectivity index (χ3v) is 2.38. The predicted octanol–water partition coefficient (Wildman–Crippen LogP) is 2.48. The molecule has 2 nitrogen and oxygen atoms in total. The largest absolute Gasteiger partial charge is 0.398 e. The Morgan fingerprint density at radius 3 is 2.18 bits per heavy atom. The Balaban J connectivity index is 2.40. The van der Waals surface area contributed by atoms with Crippen LogP contribution in [0.2, 0.25) is 0 Å². The van der Waals surface area contributed by atoms with Crippen LogP contribution in [-0.2, 0) is 0 Å². The van der Waals surface area contributed by atoms with Gasteiger partial charge in [-0.1, -0.05) is 42.2 Å². The maximum absolute atomic E-state index is 10.8. The maximum Gasteiger partial charge on any atom is 0.151 e. The summed E-state index contributed by atoms with van der Waals surface area (Å²) in [5.74, 6) is 5.93. The number of hydrogen-bond donors (Lipinski definition) is 1. The summed E-state index contributed by atoms with van der Waals surface area (Å²) in [6.45, 7) is 0. The first-order valence-corrected chi connectivity index (χ1v) is 5.22. The summed E-state index contributed by atoms with van der Waals surface area (Å²) < 4.78 is 0. The second-order valence-electron chi connectivity index (χ2n) is 3.54. The fraction of sp³-hybridized carbons (Fsp3) is 0. The van der Waals surface area contributed by atoms with E-state index in [9.17, 15) is 4.79 Å². The molecule has 82 valence electrons. The van der Waals surface area contributed by atoms with Gasteiger partial charge in [-0.2, -0.15) is 0 Å². The molecule has 2 N–H and O–H groups in total. The minimum atomic E-state index is 0.592. The van der Waals surface area contributed by atoms with E-state index in [-0.39, 0.29) is 0 Å². The average molecular weight is 221 g/mol. The standard InChI is InChI=1S/C15H11NO/c16-15-8-4-3-6-13(15)10-9-12-5-1-2-7-14(12)11-17/h1-8,11H,16H2. The quantitative estimate of drug-likeness (QED) is 0.456. The first kappa shape index (κ1) is 11.0. The van der Waals surface area contributed by atoms with E-state index in [1.54, 1.807) is 12.1 Å². The van der Waals surface area contributed by atoms with Gasteiger partial charge in [-0.3, -0.25) is 4.79 Å². The van der Waals surface area contributed by atoms with Crippen LogP contribution < -0.4 is 5.73 Å². The molecule has 0 aliphatic rings. The third kappa shape index (κ3) is 2.53. The zero-order chi connectivity index (χ0) is 12.1. The second-order valence-corrected chi connectivity index (χ2v) is 3.54. The zero-order valence-electron chi connectivity index (χ0n) is 9.18. The lowest BCUT2D eigenvalue weighted by molar-refractivity contribution is 0.112. The van der Waals surface area contributed by atoms with E-state index in [1.807, 2.05) is 36.4 Å². The molecule has 0 saturated carbocycles. The van der Waals surface area contributed by atoms with Crippen molar-refractivity contribution in [1.82, 2.24) is 0 Å². The summed E-state index contributed by atoms with van der Waals surface area (Å²) in [6.07, 6.45) is 0.804. The van der Waals surface area contributed by atoms with E-state index >= 15 is 0 Å². The molecule has 0 fully saturated rings. The summed E-state index contributed by atoms with van der Waals surface area (Å²) in [5.41, 5.74) is 8.50. The van der Waals surface area contributed by atoms with Crippen LogP contribution in [0, 0.1) is 11.8 Å². The fourth-order valence-corrected chi connectivity index (χ4v) is 1.46. The molecule has 0 aromatic heterocycles. The average Bonchev–Trinajstić information content (AvgIpc) is 2.38. The Bertz CT molecular complexity index is 606. The molecular weight excluding hydrogens is 210 g/mol. The number of benzene rings is 2. The van der Waals surface area contributed by atoms with Gasteiger partial charge in [-0.15, -0.1) is 0 Å². The lowest BCUT2D eigenvalue weighted by Crippen LogP contribution is -1.89. The number of hydrogen-bond acceptors (Lipinski definition) is 2. The van der Waals surface area contributed by atoms with Gasteiger partial charge >= 0.3 is 0 Å². The van der Waals surface area contributed by atoms with Crippen molar-refractivity contribution in [3.8, 4) is 11.8 Å². The number of para-hydroxylation sites is 1. The number of anilines is 1. The van der Waals surface area contributed by atoms with E-state index in [0.29, 0.717) is 16.8 Å². The highest BCUT2D eigenvalue weighted by Crippen LogP contribution is 2.09. The molecule has 0 aliphatic carbocycles. The van der Waals surface area contributed by atoms with E-state index < -0.39 is 0 Å². The maximum atomic E-state index is 10.8. The van der Waals surface area contributed by atoms with Crippen LogP contribution in [0.1, 0.15) is 21.5 Å². The van der Waals surface area contributed by atoms with Crippen molar-refractivity contribution in [3.63, 3.8) is 0 Å². The molecule has 0 aliphatic heterocycles. The van der Waals surface area contributed by atoms with Gasteiger partial charge in [-0.25, -0.2) is 0 Å². The Kier molecular flexibility index (Phi) is 3.23. The van der Waals surface area contributed by atoms with E-state index in [4.69, 9.17) is 5.73 Å². The number of carbonyl (C=O) groups excluding carboxylic acids is 1. The number of carbonyl (C=O) groups is 1. The minimum Gasteiger partial charge on any atom is -0.398 e. The van der Waals surface area contributed by atoms with Crippen molar-refractivity contribution in [2.75, 3.05) is 5.73 Å². The van der Waals surface area contributed by atoms with Crippen molar-refractivity contribution in [2.45, 2.75) is 0 Å². The molecule has 2 heteroatoms. The summed E-state index contributed by atoms with van der Waals surface area (Å²) in [5, 5.41) is 0. The number of nitrogen functional groups attached to an aromatic ring is 1. The van der Waals surface area contributed by atoms with Gasteiger partial charge < -0.3 is 5.73 Å². The predicted molar refractivity (Wildman–Crippen MR) is 68.7 cm³/mol. The first-order valence-electron chi connectivity index (χ1n) is 5.22. The fourth-order valence-electron chi connectivity index (χ4n) is 1.46. The number of rotatable bonds is 1. The summed E-state index contributed by atoms with van der Waals surface area (Å²) in [7, 11) is 0. The molecule has 0 radical (unpaired) electrons. The Hall–Kier alpha value is -2.53. The van der Waals surface area contributed by atoms with Crippen molar-refractivity contribution in [2.24, 2.45) is 0 Å². The third-order valence-electron chi connectivity index (χ3n) is 2.38. The van der Waals surface area contributed by atoms with Crippen LogP contribution in [-0.4, -0.2) is 6.29 Å². The number of aldehydes is 1. The highest BCUT2D eigenvalue weighted by Gasteiger charge is 1.96. The highest BCUT2D eigenvalue weighted by molar-refractivity contribution is 5.79. The molecule has 0 spiro atoms. The van der Waals surface area contributed by atoms with Crippen LogP contribution in [0.4, 0.5) is 5.69 Å². The number of nitrogens with two attached hydrogens (primary N) is 1. The lowest BCUT2D eigenvalue weighted by atomic mass is 10.1. The molecule has 0 saturated heterocycles. The summed E-state index contributed by atoms with van der Waals surface area (Å²) >= 11 is 0. The molecule has 0 atom stereocenters. The molecule has 0 bridgehead atoms. The van der Waals surface area contributed by atoms with Crippen molar-refractivity contribution in [1.29, 1.82) is 0 Å². The molecule has 2 aromatic carbocycles. The normalized spacial score (nSPS) is 9.18. The Labute approximate surface area is 100 Å².